The summed E-state index contributed by atoms with van der Waals surface area (Å²) >= 11 is 0. The van der Waals surface area contributed by atoms with Gasteiger partial charge in [-0.05, 0) is 30.7 Å². The molecule has 2 N–H and O–H groups in total. The molecule has 0 aromatic heterocycles. The minimum Gasteiger partial charge on any atom is -0.330 e. The van der Waals surface area contributed by atoms with E-state index in [2.05, 4.69) is 0 Å². The molecule has 0 radical (unpaired) electrons. The fourth-order valence-corrected chi connectivity index (χ4v) is 2.17. The van der Waals surface area contributed by atoms with Gasteiger partial charge in [0.2, 0.25) is 0 Å². The Morgan fingerprint density at radius 1 is 1.18 bits per heavy atom. The van der Waals surface area contributed by atoms with E-state index in [-0.39, 0.29) is 0 Å². The molecule has 1 heteroatoms. The molecule has 0 amide bonds. The molecule has 1 nitrogen and oxygen atoms in total. The Morgan fingerprint density at radius 3 is 2.27 bits per heavy atom. The second-order valence-corrected chi connectivity index (χ2v) is 4.37. The van der Waals surface area contributed by atoms with Crippen LogP contribution in [0, 0.1) is 17.8 Å². The van der Waals surface area contributed by atoms with Crippen molar-refractivity contribution in [3.8, 4) is 0 Å². The van der Waals surface area contributed by atoms with Crippen LogP contribution in [0.1, 0.15) is 38.5 Å². The van der Waals surface area contributed by atoms with E-state index < -0.39 is 0 Å². The van der Waals surface area contributed by atoms with Crippen molar-refractivity contribution in [2.24, 2.45) is 23.5 Å². The molecule has 0 bridgehead atoms. The highest BCUT2D eigenvalue weighted by Gasteiger charge is 2.31. The van der Waals surface area contributed by atoms with E-state index in [1.54, 1.807) is 0 Å². The highest BCUT2D eigenvalue weighted by atomic mass is 14.6. The van der Waals surface area contributed by atoms with E-state index in [1.165, 1.54) is 38.5 Å². The number of nitrogens with two attached hydrogens (primary N) is 1. The lowest BCUT2D eigenvalue weighted by atomic mass is 9.74. The van der Waals surface area contributed by atoms with Gasteiger partial charge in [-0.1, -0.05) is 32.1 Å². The molecule has 0 heterocycles. The van der Waals surface area contributed by atoms with Gasteiger partial charge >= 0.3 is 0 Å². The monoisotopic (exact) mass is 153 g/mol. The minimum atomic E-state index is 0.885. The van der Waals surface area contributed by atoms with E-state index in [1.807, 2.05) is 0 Å². The van der Waals surface area contributed by atoms with Crippen molar-refractivity contribution in [2.75, 3.05) is 6.54 Å². The van der Waals surface area contributed by atoms with E-state index in [0.717, 1.165) is 24.3 Å². The summed E-state index contributed by atoms with van der Waals surface area (Å²) in [7, 11) is 0. The average molecular weight is 153 g/mol. The lowest BCUT2D eigenvalue weighted by Crippen LogP contribution is -2.28. The largest absolute Gasteiger partial charge is 0.330 e. The summed E-state index contributed by atoms with van der Waals surface area (Å²) in [6.45, 7) is 0.946. The Balaban J connectivity index is 1.74. The van der Waals surface area contributed by atoms with Gasteiger partial charge in [0.1, 0.15) is 0 Å². The van der Waals surface area contributed by atoms with Crippen LogP contribution >= 0.6 is 0 Å². The third-order valence-corrected chi connectivity index (χ3v) is 3.45. The van der Waals surface area contributed by atoms with Crippen LogP contribution in [0.3, 0.4) is 0 Å². The molecule has 0 aliphatic heterocycles. The quantitative estimate of drug-likeness (QED) is 0.658. The molecule has 2 aliphatic rings. The molecular weight excluding hydrogens is 134 g/mol. The molecule has 11 heavy (non-hydrogen) atoms. The third kappa shape index (κ3) is 1.76. The fourth-order valence-electron chi connectivity index (χ4n) is 2.17. The smallest absolute Gasteiger partial charge is 0.00461 e. The molecule has 2 rings (SSSR count). The summed E-state index contributed by atoms with van der Waals surface area (Å²) in [6.07, 6.45) is 8.82. The SMILES string of the molecule is NC[C@@H](CC1CC1)C1CCC1. The standard InChI is InChI=1S/C10H19N/c11-7-10(6-8-4-5-8)9-2-1-3-9/h8-10H,1-7,11H2/t10-/m1/s1. The van der Waals surface area contributed by atoms with Crippen LogP contribution < -0.4 is 5.73 Å². The second kappa shape index (κ2) is 3.14. The zero-order valence-corrected chi connectivity index (χ0v) is 7.26. The van der Waals surface area contributed by atoms with Crippen LogP contribution in [-0.4, -0.2) is 6.54 Å². The summed E-state index contributed by atoms with van der Waals surface area (Å²) in [4.78, 5) is 0. The first-order valence-electron chi connectivity index (χ1n) is 5.10. The molecule has 0 unspecified atom stereocenters. The fraction of sp³-hybridized carbons (Fsp3) is 1.00. The highest BCUT2D eigenvalue weighted by Crippen LogP contribution is 2.42. The van der Waals surface area contributed by atoms with Gasteiger partial charge in [-0.25, -0.2) is 0 Å². The molecule has 0 aromatic carbocycles. The Labute approximate surface area is 69.4 Å². The van der Waals surface area contributed by atoms with Crippen LogP contribution in [-0.2, 0) is 0 Å². The summed E-state index contributed by atoms with van der Waals surface area (Å²) in [5.74, 6) is 2.97. The van der Waals surface area contributed by atoms with Gasteiger partial charge in [-0.2, -0.15) is 0 Å². The van der Waals surface area contributed by atoms with Crippen molar-refractivity contribution >= 4 is 0 Å². The molecule has 2 aliphatic carbocycles. The Bertz CT molecular complexity index is 125. The zero-order chi connectivity index (χ0) is 7.68. The van der Waals surface area contributed by atoms with Gasteiger partial charge in [0, 0.05) is 0 Å². The maximum atomic E-state index is 5.76. The van der Waals surface area contributed by atoms with Gasteiger partial charge in [-0.15, -0.1) is 0 Å². The first kappa shape index (κ1) is 7.60. The van der Waals surface area contributed by atoms with Crippen molar-refractivity contribution in [3.63, 3.8) is 0 Å². The van der Waals surface area contributed by atoms with Crippen molar-refractivity contribution in [1.82, 2.24) is 0 Å². The van der Waals surface area contributed by atoms with Crippen LogP contribution in [0.25, 0.3) is 0 Å². The Morgan fingerprint density at radius 2 is 1.91 bits per heavy atom. The molecule has 64 valence electrons. The maximum absolute atomic E-state index is 5.76. The summed E-state index contributed by atoms with van der Waals surface area (Å²) in [5, 5.41) is 0. The molecule has 2 saturated carbocycles. The van der Waals surface area contributed by atoms with Gasteiger partial charge < -0.3 is 5.73 Å². The first-order valence-corrected chi connectivity index (χ1v) is 5.10. The molecular formula is C10H19N. The van der Waals surface area contributed by atoms with Crippen molar-refractivity contribution in [3.05, 3.63) is 0 Å². The van der Waals surface area contributed by atoms with E-state index in [9.17, 15) is 0 Å². The molecule has 2 fully saturated rings. The maximum Gasteiger partial charge on any atom is -0.00461 e. The Hall–Kier alpha value is -0.0400. The van der Waals surface area contributed by atoms with E-state index >= 15 is 0 Å². The second-order valence-electron chi connectivity index (χ2n) is 4.37. The van der Waals surface area contributed by atoms with Crippen LogP contribution in [0.5, 0.6) is 0 Å². The molecule has 0 spiro atoms. The Kier molecular flexibility index (Phi) is 2.17. The normalized spacial score (nSPS) is 28.1. The topological polar surface area (TPSA) is 26.0 Å². The van der Waals surface area contributed by atoms with Crippen LogP contribution in [0.15, 0.2) is 0 Å². The van der Waals surface area contributed by atoms with Gasteiger partial charge in [0.15, 0.2) is 0 Å². The van der Waals surface area contributed by atoms with E-state index in [0.29, 0.717) is 0 Å². The third-order valence-electron chi connectivity index (χ3n) is 3.45. The number of rotatable bonds is 4. The zero-order valence-electron chi connectivity index (χ0n) is 7.26. The number of hydrogen-bond acceptors (Lipinski definition) is 1. The van der Waals surface area contributed by atoms with Crippen LogP contribution in [0.4, 0.5) is 0 Å². The van der Waals surface area contributed by atoms with Gasteiger partial charge in [0.25, 0.3) is 0 Å². The minimum absolute atomic E-state index is 0.885. The van der Waals surface area contributed by atoms with Gasteiger partial charge in [0.05, 0.1) is 0 Å². The summed E-state index contributed by atoms with van der Waals surface area (Å²) < 4.78 is 0. The lowest BCUT2D eigenvalue weighted by Gasteiger charge is -2.33. The summed E-state index contributed by atoms with van der Waals surface area (Å²) in [5.41, 5.74) is 5.76. The van der Waals surface area contributed by atoms with Crippen LogP contribution in [0.2, 0.25) is 0 Å². The van der Waals surface area contributed by atoms with Gasteiger partial charge in [-0.3, -0.25) is 0 Å². The molecule has 0 saturated heterocycles. The van der Waals surface area contributed by atoms with Crippen molar-refractivity contribution in [1.29, 1.82) is 0 Å². The predicted octanol–water partition coefficient (Wildman–Crippen LogP) is 2.16. The van der Waals surface area contributed by atoms with E-state index in [4.69, 9.17) is 5.73 Å². The number of hydrogen-bond donors (Lipinski definition) is 1. The van der Waals surface area contributed by atoms with Crippen molar-refractivity contribution < 1.29 is 0 Å². The highest BCUT2D eigenvalue weighted by molar-refractivity contribution is 4.84. The molecule has 1 atom stereocenters. The summed E-state index contributed by atoms with van der Waals surface area (Å²) in [6, 6.07) is 0. The molecule has 0 aromatic rings. The van der Waals surface area contributed by atoms with Crippen molar-refractivity contribution in [2.45, 2.75) is 38.5 Å². The predicted molar refractivity (Wildman–Crippen MR) is 47.2 cm³/mol. The average Bonchev–Trinajstić information content (AvgIpc) is 2.66. The lowest BCUT2D eigenvalue weighted by molar-refractivity contribution is 0.194. The first-order chi connectivity index (χ1) is 5.40.